The van der Waals surface area contributed by atoms with Crippen LogP contribution < -0.4 is 10.5 Å². The second-order valence-electron chi connectivity index (χ2n) is 9.84. The van der Waals surface area contributed by atoms with Gasteiger partial charge in [0.1, 0.15) is 5.82 Å². The van der Waals surface area contributed by atoms with Crippen LogP contribution in [0.25, 0.3) is 21.8 Å². The van der Waals surface area contributed by atoms with Gasteiger partial charge < -0.3 is 19.5 Å². The Kier molecular flexibility index (Phi) is 5.72. The lowest BCUT2D eigenvalue weighted by molar-refractivity contribution is 0.0672. The first-order valence-corrected chi connectivity index (χ1v) is 12.6. The first-order chi connectivity index (χ1) is 17.5. The Labute approximate surface area is 208 Å². The van der Waals surface area contributed by atoms with Gasteiger partial charge in [-0.25, -0.2) is 4.98 Å². The Morgan fingerprint density at radius 3 is 2.72 bits per heavy atom. The van der Waals surface area contributed by atoms with Crippen LogP contribution in [-0.2, 0) is 4.74 Å². The number of ether oxygens (including phenoxy) is 1. The van der Waals surface area contributed by atoms with Gasteiger partial charge in [0.15, 0.2) is 0 Å². The zero-order valence-corrected chi connectivity index (χ0v) is 20.6. The number of hydrogen-bond donors (Lipinski definition) is 1. The minimum absolute atomic E-state index is 0.0130. The Hall–Kier alpha value is -3.72. The number of nitrogens with one attached hydrogen (secondary N) is 1. The fourth-order valence-electron chi connectivity index (χ4n) is 5.59. The number of nitrogens with zero attached hydrogens (tertiary/aromatic N) is 5. The maximum Gasteiger partial charge on any atom is 0.259 e. The average Bonchev–Trinajstić information content (AvgIpc) is 3.35. The highest BCUT2D eigenvalue weighted by atomic mass is 16.5. The van der Waals surface area contributed by atoms with E-state index in [4.69, 9.17) is 4.74 Å². The molecule has 0 aliphatic carbocycles. The van der Waals surface area contributed by atoms with Crippen molar-refractivity contribution in [1.82, 2.24) is 24.6 Å². The number of amides is 1. The van der Waals surface area contributed by atoms with Crippen molar-refractivity contribution in [2.45, 2.75) is 38.8 Å². The monoisotopic (exact) mass is 486 g/mol. The molecule has 1 N–H and O–H groups in total. The van der Waals surface area contributed by atoms with Crippen LogP contribution >= 0.6 is 0 Å². The molecule has 1 unspecified atom stereocenters. The van der Waals surface area contributed by atoms with Crippen LogP contribution in [0.2, 0.25) is 0 Å². The third-order valence-electron chi connectivity index (χ3n) is 7.54. The molecule has 9 nitrogen and oxygen atoms in total. The van der Waals surface area contributed by atoms with Crippen molar-refractivity contribution in [1.29, 1.82) is 0 Å². The predicted molar refractivity (Wildman–Crippen MR) is 139 cm³/mol. The van der Waals surface area contributed by atoms with Gasteiger partial charge in [0, 0.05) is 56.0 Å². The molecule has 2 aliphatic heterocycles. The number of hydrogen-bond acceptors (Lipinski definition) is 6. The number of piperazine rings is 1. The van der Waals surface area contributed by atoms with Crippen molar-refractivity contribution < 1.29 is 9.53 Å². The summed E-state index contributed by atoms with van der Waals surface area (Å²) in [6.07, 6.45) is 5.14. The molecule has 1 atom stereocenters. The third kappa shape index (κ3) is 3.83. The number of benzene rings is 1. The third-order valence-corrected chi connectivity index (χ3v) is 7.54. The van der Waals surface area contributed by atoms with Crippen molar-refractivity contribution in [2.24, 2.45) is 0 Å². The van der Waals surface area contributed by atoms with E-state index >= 15 is 0 Å². The summed E-state index contributed by atoms with van der Waals surface area (Å²) in [6.45, 7) is 7.45. The van der Waals surface area contributed by atoms with E-state index in [9.17, 15) is 9.59 Å². The van der Waals surface area contributed by atoms with Gasteiger partial charge in [-0.05, 0) is 56.5 Å². The van der Waals surface area contributed by atoms with Crippen LogP contribution in [0.5, 0.6) is 0 Å². The minimum atomic E-state index is -0.159. The minimum Gasteiger partial charge on any atom is -0.381 e. The lowest BCUT2D eigenvalue weighted by atomic mass is 10.0. The number of aromatic amines is 1. The standard InChI is InChI=1S/C27H30N6O3/c1-17-13-23-21(25-22(26(34)30-23)15-29-33(25)19-6-11-36-12-7-19)14-20(17)27(35)32-10-9-31(16-18(32)2)24-5-3-4-8-28-24/h3-5,8,13-15,18-19H,6-7,9-12,16H2,1-2H3,(H,30,34). The first-order valence-electron chi connectivity index (χ1n) is 12.6. The van der Waals surface area contributed by atoms with E-state index in [1.54, 1.807) is 12.4 Å². The summed E-state index contributed by atoms with van der Waals surface area (Å²) in [4.78, 5) is 38.3. The molecule has 186 valence electrons. The number of aromatic nitrogens is 4. The van der Waals surface area contributed by atoms with Gasteiger partial charge in [-0.15, -0.1) is 0 Å². The summed E-state index contributed by atoms with van der Waals surface area (Å²) in [5, 5.41) is 6.00. The maximum absolute atomic E-state index is 13.8. The van der Waals surface area contributed by atoms with Crippen molar-refractivity contribution in [3.8, 4) is 0 Å². The number of carbonyl (C=O) groups excluding carboxylic acids is 1. The molecule has 36 heavy (non-hydrogen) atoms. The largest absolute Gasteiger partial charge is 0.381 e. The highest BCUT2D eigenvalue weighted by Crippen LogP contribution is 2.30. The molecule has 4 aromatic rings. The normalized spacial score (nSPS) is 19.3. The van der Waals surface area contributed by atoms with Gasteiger partial charge in [0.2, 0.25) is 0 Å². The van der Waals surface area contributed by atoms with Gasteiger partial charge in [-0.3, -0.25) is 14.3 Å². The fourth-order valence-corrected chi connectivity index (χ4v) is 5.59. The van der Waals surface area contributed by atoms with Crippen molar-refractivity contribution in [3.63, 3.8) is 0 Å². The van der Waals surface area contributed by atoms with E-state index in [1.165, 1.54) is 0 Å². The van der Waals surface area contributed by atoms with Gasteiger partial charge in [0.25, 0.3) is 11.5 Å². The van der Waals surface area contributed by atoms with Crippen LogP contribution in [0.4, 0.5) is 5.82 Å². The van der Waals surface area contributed by atoms with E-state index in [0.717, 1.165) is 53.7 Å². The summed E-state index contributed by atoms with van der Waals surface area (Å²) in [5.74, 6) is 0.949. The van der Waals surface area contributed by atoms with Crippen molar-refractivity contribution in [3.05, 3.63) is 64.2 Å². The molecular formula is C27H30N6O3. The van der Waals surface area contributed by atoms with Gasteiger partial charge in [-0.2, -0.15) is 5.10 Å². The molecule has 3 aromatic heterocycles. The summed E-state index contributed by atoms with van der Waals surface area (Å²) in [6, 6.07) is 9.96. The second-order valence-corrected chi connectivity index (χ2v) is 9.84. The zero-order chi connectivity index (χ0) is 24.8. The molecule has 2 saturated heterocycles. The molecular weight excluding hydrogens is 456 g/mol. The quantitative estimate of drug-likeness (QED) is 0.477. The number of fused-ring (bicyclic) bond motifs is 3. The van der Waals surface area contributed by atoms with E-state index in [2.05, 4.69) is 26.9 Å². The molecule has 0 saturated carbocycles. The van der Waals surface area contributed by atoms with Crippen LogP contribution in [0.1, 0.15) is 41.7 Å². The van der Waals surface area contributed by atoms with Gasteiger partial charge in [0.05, 0.1) is 28.7 Å². The number of pyridine rings is 2. The molecule has 0 spiro atoms. The smallest absolute Gasteiger partial charge is 0.259 e. The van der Waals surface area contributed by atoms with Crippen LogP contribution in [0, 0.1) is 6.92 Å². The van der Waals surface area contributed by atoms with Gasteiger partial charge in [-0.1, -0.05) is 6.07 Å². The molecule has 6 rings (SSSR count). The summed E-state index contributed by atoms with van der Waals surface area (Å²) >= 11 is 0. The molecule has 9 heteroatoms. The van der Waals surface area contributed by atoms with Crippen LogP contribution in [0.15, 0.2) is 47.5 Å². The lowest BCUT2D eigenvalue weighted by Crippen LogP contribution is -2.54. The Balaban J connectivity index is 1.37. The maximum atomic E-state index is 13.8. The zero-order valence-electron chi connectivity index (χ0n) is 20.6. The summed E-state index contributed by atoms with van der Waals surface area (Å²) in [7, 11) is 0. The fraction of sp³-hybridized carbons (Fsp3) is 0.407. The van der Waals surface area contributed by atoms with Crippen LogP contribution in [-0.4, -0.2) is 69.4 Å². The van der Waals surface area contributed by atoms with Crippen molar-refractivity contribution >= 4 is 33.5 Å². The van der Waals surface area contributed by atoms with E-state index in [1.807, 2.05) is 46.8 Å². The van der Waals surface area contributed by atoms with Crippen LogP contribution in [0.3, 0.4) is 0 Å². The molecule has 0 radical (unpaired) electrons. The Morgan fingerprint density at radius 1 is 1.14 bits per heavy atom. The summed E-state index contributed by atoms with van der Waals surface area (Å²) < 4.78 is 7.50. The van der Waals surface area contributed by atoms with E-state index in [-0.39, 0.29) is 23.6 Å². The molecule has 0 bridgehead atoms. The number of anilines is 1. The molecule has 2 fully saturated rings. The molecule has 1 aromatic carbocycles. The van der Waals surface area contributed by atoms with E-state index < -0.39 is 0 Å². The highest BCUT2D eigenvalue weighted by molar-refractivity contribution is 6.07. The summed E-state index contributed by atoms with van der Waals surface area (Å²) in [5.41, 5.74) is 2.87. The molecule has 5 heterocycles. The van der Waals surface area contributed by atoms with E-state index in [0.29, 0.717) is 30.7 Å². The SMILES string of the molecule is Cc1cc2[nH]c(=O)c3cnn(C4CCOCC4)c3c2cc1C(=O)N1CCN(c2ccccn2)CC1C. The van der Waals surface area contributed by atoms with Gasteiger partial charge >= 0.3 is 0 Å². The molecule has 2 aliphatic rings. The number of rotatable bonds is 3. The lowest BCUT2D eigenvalue weighted by Gasteiger charge is -2.40. The number of carbonyl (C=O) groups is 1. The Morgan fingerprint density at radius 2 is 1.97 bits per heavy atom. The average molecular weight is 487 g/mol. The predicted octanol–water partition coefficient (Wildman–Crippen LogP) is 3.28. The topological polar surface area (TPSA) is 96.3 Å². The first kappa shape index (κ1) is 22.7. The highest BCUT2D eigenvalue weighted by Gasteiger charge is 2.30. The molecule has 1 amide bonds. The van der Waals surface area contributed by atoms with Crippen molar-refractivity contribution in [2.75, 3.05) is 37.7 Å². The number of H-pyrrole nitrogens is 1. The Bertz CT molecular complexity index is 1490. The number of aryl methyl sites for hydroxylation is 1. The second kappa shape index (κ2) is 9.05.